The Morgan fingerprint density at radius 1 is 0.606 bits per heavy atom. The lowest BCUT2D eigenvalue weighted by Crippen LogP contribution is -2.20. The fourth-order valence-electron chi connectivity index (χ4n) is 3.72. The summed E-state index contributed by atoms with van der Waals surface area (Å²) in [5.74, 6) is -0.868. The summed E-state index contributed by atoms with van der Waals surface area (Å²) in [6, 6.07) is 18.4. The van der Waals surface area contributed by atoms with Crippen LogP contribution in [0.15, 0.2) is 73.1 Å². The summed E-state index contributed by atoms with van der Waals surface area (Å²) in [4.78, 5) is 43.5. The van der Waals surface area contributed by atoms with E-state index >= 15 is 0 Å². The number of nitrogens with zero attached hydrogens (tertiary/aromatic N) is 4. The zero-order chi connectivity index (χ0) is 22.4. The maximum atomic E-state index is 12.6. The number of aromatic nitrogens is 4. The molecule has 0 atom stereocenters. The number of rotatable bonds is 0. The van der Waals surface area contributed by atoms with Gasteiger partial charge in [-0.2, -0.15) is 0 Å². The predicted molar refractivity (Wildman–Crippen MR) is 123 cm³/mol. The first-order valence-electron chi connectivity index (χ1n) is 10.6. The minimum Gasteiger partial charge on any atom is -0.288 e. The average Bonchev–Trinajstić information content (AvgIpc) is 3.71. The van der Waals surface area contributed by atoms with Crippen LogP contribution in [0.25, 0.3) is 21.8 Å². The van der Waals surface area contributed by atoms with Crippen LogP contribution in [0, 0.1) is 0 Å². The SMILES string of the molecule is O=C1NC(=O)c2cc3ccccc3nc3c(nc4c(nccnc5ccccc5cc21)C4)C3. The molecule has 2 aliphatic carbocycles. The first-order chi connectivity index (χ1) is 16.2. The van der Waals surface area contributed by atoms with Crippen LogP contribution in [0.2, 0.25) is 0 Å². The smallest absolute Gasteiger partial charge is 0.258 e. The summed E-state index contributed by atoms with van der Waals surface area (Å²) in [5, 5.41) is 3.88. The van der Waals surface area contributed by atoms with Gasteiger partial charge in [0.1, 0.15) is 0 Å². The van der Waals surface area contributed by atoms with Crippen molar-refractivity contribution in [1.82, 2.24) is 25.3 Å². The number of para-hydroxylation sites is 2. The lowest BCUT2D eigenvalue weighted by molar-refractivity contribution is 0.0879. The summed E-state index contributed by atoms with van der Waals surface area (Å²) in [6.07, 6.45) is 4.76. The second-order valence-corrected chi connectivity index (χ2v) is 7.94. The van der Waals surface area contributed by atoms with Crippen molar-refractivity contribution < 1.29 is 9.59 Å². The molecule has 0 spiro atoms. The first-order valence-corrected chi connectivity index (χ1v) is 10.6. The predicted octanol–water partition coefficient (Wildman–Crippen LogP) is 3.64. The fourth-order valence-corrected chi connectivity index (χ4v) is 3.72. The molecule has 2 heterocycles. The Hall–Kier alpha value is -4.52. The van der Waals surface area contributed by atoms with Crippen molar-refractivity contribution in [3.63, 3.8) is 0 Å². The largest absolute Gasteiger partial charge is 0.288 e. The summed E-state index contributed by atoms with van der Waals surface area (Å²) >= 11 is 0. The van der Waals surface area contributed by atoms with E-state index in [4.69, 9.17) is 4.98 Å². The fraction of sp³-hybridized carbons (Fsp3) is 0.0769. The van der Waals surface area contributed by atoms with Gasteiger partial charge in [-0.3, -0.25) is 34.8 Å². The Labute approximate surface area is 188 Å². The Kier molecular flexibility index (Phi) is 4.40. The van der Waals surface area contributed by atoms with Crippen LogP contribution >= 0.6 is 0 Å². The number of nitrogens with one attached hydrogen (secondary N) is 1. The van der Waals surface area contributed by atoms with Gasteiger partial charge in [0.2, 0.25) is 0 Å². The second kappa shape index (κ2) is 7.56. The van der Waals surface area contributed by atoms with E-state index in [2.05, 4.69) is 20.3 Å². The number of hydrogen-bond donors (Lipinski definition) is 1. The lowest BCUT2D eigenvalue weighted by atomic mass is 10.1. The maximum Gasteiger partial charge on any atom is 0.258 e. The Morgan fingerprint density at radius 3 is 1.91 bits per heavy atom. The molecule has 3 aliphatic rings. The van der Waals surface area contributed by atoms with Crippen LogP contribution in [0.1, 0.15) is 43.5 Å². The highest BCUT2D eigenvalue weighted by atomic mass is 16.2. The monoisotopic (exact) mass is 431 g/mol. The zero-order valence-electron chi connectivity index (χ0n) is 17.4. The zero-order valence-corrected chi connectivity index (χ0v) is 17.4. The number of carbonyl (C=O) groups is 2. The summed E-state index contributed by atoms with van der Waals surface area (Å²) in [5.41, 5.74) is 5.79. The van der Waals surface area contributed by atoms with E-state index in [9.17, 15) is 9.59 Å². The van der Waals surface area contributed by atoms with Gasteiger partial charge in [0.15, 0.2) is 0 Å². The topological polar surface area (TPSA) is 97.7 Å². The van der Waals surface area contributed by atoms with Crippen molar-refractivity contribution >= 4 is 33.6 Å². The standard InChI is InChI=1S/C26H17N5O2/c32-25-17-11-15-5-1-3-7-19(15)27-9-10-28-21-13-22(21)30-24-14-23(24)29-20-8-4-2-6-16(20)12-18(17)26(33)31-25/h1-12H,13-14H2,(H,31,32,33). The molecule has 3 aromatic rings. The van der Waals surface area contributed by atoms with Gasteiger partial charge >= 0.3 is 0 Å². The van der Waals surface area contributed by atoms with E-state index in [-0.39, 0.29) is 0 Å². The van der Waals surface area contributed by atoms with Gasteiger partial charge in [0, 0.05) is 36.0 Å². The van der Waals surface area contributed by atoms with Crippen molar-refractivity contribution in [2.45, 2.75) is 12.8 Å². The van der Waals surface area contributed by atoms with Gasteiger partial charge < -0.3 is 0 Å². The molecule has 0 radical (unpaired) electrons. The van der Waals surface area contributed by atoms with E-state index in [0.717, 1.165) is 51.9 Å². The van der Waals surface area contributed by atoms with Crippen molar-refractivity contribution in [2.24, 2.45) is 0 Å². The van der Waals surface area contributed by atoms with Crippen molar-refractivity contribution in [3.05, 3.63) is 107 Å². The minimum absolute atomic E-state index is 0.293. The molecule has 6 rings (SSSR count). The molecule has 33 heavy (non-hydrogen) atoms. The van der Waals surface area contributed by atoms with Crippen molar-refractivity contribution in [1.29, 1.82) is 0 Å². The number of hydrogen-bond acceptors (Lipinski definition) is 6. The maximum absolute atomic E-state index is 12.6. The molecule has 1 aromatic heterocycles. The second-order valence-electron chi connectivity index (χ2n) is 7.94. The van der Waals surface area contributed by atoms with Crippen LogP contribution in [0.5, 0.6) is 0 Å². The number of benzene rings is 2. The number of imide groups is 1. The first kappa shape index (κ1) is 19.2. The third-order valence-electron chi connectivity index (χ3n) is 5.60. The number of carbonyl (C=O) groups excluding carboxylic acids is 2. The lowest BCUT2D eigenvalue weighted by Gasteiger charge is -1.95. The quantitative estimate of drug-likeness (QED) is 0.376. The molecule has 2 amide bonds. The molecule has 0 fully saturated rings. The van der Waals surface area contributed by atoms with E-state index in [1.54, 1.807) is 24.5 Å². The van der Waals surface area contributed by atoms with E-state index in [1.807, 2.05) is 48.5 Å². The van der Waals surface area contributed by atoms with E-state index < -0.39 is 11.8 Å². The van der Waals surface area contributed by atoms with E-state index in [0.29, 0.717) is 16.6 Å². The normalized spacial score (nSPS) is 13.6. The summed E-state index contributed by atoms with van der Waals surface area (Å²) in [6.45, 7) is 0. The van der Waals surface area contributed by atoms with Crippen molar-refractivity contribution in [3.8, 4) is 0 Å². The number of amides is 2. The molecule has 0 saturated heterocycles. The van der Waals surface area contributed by atoms with Crippen LogP contribution < -0.4 is 5.32 Å². The van der Waals surface area contributed by atoms with Crippen LogP contribution in [0.4, 0.5) is 0 Å². The van der Waals surface area contributed by atoms with Crippen molar-refractivity contribution in [2.75, 3.05) is 0 Å². The highest BCUT2D eigenvalue weighted by molar-refractivity contribution is 6.22. The Morgan fingerprint density at radius 2 is 1.15 bits per heavy atom. The molecule has 0 saturated carbocycles. The molecule has 158 valence electrons. The molecule has 2 aromatic carbocycles. The third-order valence-corrected chi connectivity index (χ3v) is 5.60. The highest BCUT2D eigenvalue weighted by Crippen LogP contribution is 2.27. The summed E-state index contributed by atoms with van der Waals surface area (Å²) in [7, 11) is 0. The molecule has 1 N–H and O–H groups in total. The van der Waals surface area contributed by atoms with Gasteiger partial charge in [-0.1, -0.05) is 36.4 Å². The molecule has 0 bridgehead atoms. The third kappa shape index (κ3) is 3.80. The Bertz CT molecular complexity index is 1600. The van der Waals surface area contributed by atoms with Gasteiger partial charge in [-0.15, -0.1) is 0 Å². The van der Waals surface area contributed by atoms with Crippen LogP contribution in [-0.4, -0.2) is 31.8 Å². The average molecular weight is 431 g/mol. The van der Waals surface area contributed by atoms with Gasteiger partial charge in [-0.05, 0) is 24.3 Å². The molecule has 7 heteroatoms. The van der Waals surface area contributed by atoms with E-state index in [1.165, 1.54) is 0 Å². The van der Waals surface area contributed by atoms with Crippen LogP contribution in [-0.2, 0) is 12.8 Å². The van der Waals surface area contributed by atoms with Gasteiger partial charge in [-0.25, -0.2) is 0 Å². The number of fused-ring (bicyclic) bond motifs is 5. The molecule has 1 aliphatic heterocycles. The Balaban J connectivity index is 1.72. The van der Waals surface area contributed by atoms with Gasteiger partial charge in [0.25, 0.3) is 11.8 Å². The molecular weight excluding hydrogens is 414 g/mol. The molecular formula is C26H17N5O2. The molecule has 0 unspecified atom stereocenters. The highest BCUT2D eigenvalue weighted by Gasteiger charge is 2.26. The molecule has 7 nitrogen and oxygen atoms in total. The van der Waals surface area contributed by atoms with Gasteiger partial charge in [0.05, 0.1) is 44.9 Å². The van der Waals surface area contributed by atoms with Crippen LogP contribution in [0.3, 0.4) is 0 Å². The minimum atomic E-state index is -0.436. The summed E-state index contributed by atoms with van der Waals surface area (Å²) < 4.78 is 0.